The van der Waals surface area contributed by atoms with Crippen molar-refractivity contribution < 1.29 is 9.59 Å². The first-order valence-electron chi connectivity index (χ1n) is 5.47. The normalized spacial score (nSPS) is 15.9. The number of primary amides is 1. The van der Waals surface area contributed by atoms with E-state index < -0.39 is 5.91 Å². The molecule has 0 bridgehead atoms. The van der Waals surface area contributed by atoms with Crippen molar-refractivity contribution in [3.05, 3.63) is 18.0 Å². The highest BCUT2D eigenvalue weighted by molar-refractivity contribution is 5.93. The fraction of sp³-hybridized carbons (Fsp3) is 0.500. The summed E-state index contributed by atoms with van der Waals surface area (Å²) in [6, 6.07) is 0. The number of carbonyl (C=O) groups excluding carboxylic acids is 2. The molecule has 0 spiro atoms. The molecule has 0 atom stereocenters. The summed E-state index contributed by atoms with van der Waals surface area (Å²) >= 11 is 0. The molecule has 2 heterocycles. The van der Waals surface area contributed by atoms with Crippen molar-refractivity contribution in [3.8, 4) is 0 Å². The van der Waals surface area contributed by atoms with Crippen LogP contribution in [0.25, 0.3) is 0 Å². The number of nitrogens with one attached hydrogen (secondary N) is 1. The van der Waals surface area contributed by atoms with E-state index in [0.29, 0.717) is 18.7 Å². The van der Waals surface area contributed by atoms with Gasteiger partial charge >= 0.3 is 0 Å². The van der Waals surface area contributed by atoms with Crippen LogP contribution in [0.3, 0.4) is 0 Å². The Kier molecular flexibility index (Phi) is 3.38. The molecule has 3 N–H and O–H groups in total. The minimum atomic E-state index is -0.478. The van der Waals surface area contributed by atoms with Gasteiger partial charge in [-0.2, -0.15) is 5.10 Å². The molecule has 0 aliphatic carbocycles. The standard InChI is InChI=1S/C10H15N5O2/c11-9(16)7-15-6-8(5-13-15)10(17)14-3-1-12-2-4-14/h5-6,12H,1-4,7H2,(H2,11,16). The van der Waals surface area contributed by atoms with Gasteiger partial charge in [0.2, 0.25) is 5.91 Å². The van der Waals surface area contributed by atoms with Crippen molar-refractivity contribution in [1.29, 1.82) is 0 Å². The molecule has 7 nitrogen and oxygen atoms in total. The van der Waals surface area contributed by atoms with Gasteiger partial charge in [0.15, 0.2) is 0 Å². The van der Waals surface area contributed by atoms with Crippen molar-refractivity contribution in [2.75, 3.05) is 26.2 Å². The number of carbonyl (C=O) groups is 2. The summed E-state index contributed by atoms with van der Waals surface area (Å²) in [5.41, 5.74) is 5.54. The highest BCUT2D eigenvalue weighted by Crippen LogP contribution is 2.05. The number of rotatable bonds is 3. The smallest absolute Gasteiger partial charge is 0.257 e. The molecule has 2 amide bonds. The van der Waals surface area contributed by atoms with Crippen LogP contribution in [0.1, 0.15) is 10.4 Å². The van der Waals surface area contributed by atoms with Crippen LogP contribution in [-0.4, -0.2) is 52.7 Å². The first-order chi connectivity index (χ1) is 8.16. The van der Waals surface area contributed by atoms with Gasteiger partial charge in [-0.3, -0.25) is 14.3 Å². The van der Waals surface area contributed by atoms with Gasteiger partial charge in [-0.15, -0.1) is 0 Å². The second-order valence-electron chi connectivity index (χ2n) is 3.94. The molecule has 7 heteroatoms. The molecule has 0 saturated carbocycles. The largest absolute Gasteiger partial charge is 0.368 e. The number of amides is 2. The van der Waals surface area contributed by atoms with Crippen LogP contribution < -0.4 is 11.1 Å². The maximum absolute atomic E-state index is 12.0. The molecule has 1 fully saturated rings. The van der Waals surface area contributed by atoms with Crippen LogP contribution in [0.15, 0.2) is 12.4 Å². The van der Waals surface area contributed by atoms with Crippen molar-refractivity contribution in [3.63, 3.8) is 0 Å². The van der Waals surface area contributed by atoms with E-state index in [2.05, 4.69) is 10.4 Å². The van der Waals surface area contributed by atoms with E-state index in [4.69, 9.17) is 5.73 Å². The summed E-state index contributed by atoms with van der Waals surface area (Å²) in [4.78, 5) is 24.5. The van der Waals surface area contributed by atoms with Crippen molar-refractivity contribution in [2.24, 2.45) is 5.73 Å². The summed E-state index contributed by atoms with van der Waals surface area (Å²) in [5, 5.41) is 7.10. The summed E-state index contributed by atoms with van der Waals surface area (Å²) in [6.07, 6.45) is 3.02. The number of aromatic nitrogens is 2. The quantitative estimate of drug-likeness (QED) is 0.663. The lowest BCUT2D eigenvalue weighted by Crippen LogP contribution is -2.46. The molecule has 1 aliphatic heterocycles. The predicted octanol–water partition coefficient (Wildman–Crippen LogP) is -1.59. The predicted molar refractivity (Wildman–Crippen MR) is 60.2 cm³/mol. The molecule has 17 heavy (non-hydrogen) atoms. The number of hydrogen-bond acceptors (Lipinski definition) is 4. The lowest BCUT2D eigenvalue weighted by molar-refractivity contribution is -0.118. The second kappa shape index (κ2) is 4.96. The van der Waals surface area contributed by atoms with Crippen LogP contribution in [0.5, 0.6) is 0 Å². The van der Waals surface area contributed by atoms with Gasteiger partial charge in [0.05, 0.1) is 11.8 Å². The molecule has 0 aromatic carbocycles. The number of hydrogen-bond donors (Lipinski definition) is 2. The third-order valence-corrected chi connectivity index (χ3v) is 2.60. The van der Waals surface area contributed by atoms with Gasteiger partial charge in [0.25, 0.3) is 5.91 Å². The van der Waals surface area contributed by atoms with E-state index in [9.17, 15) is 9.59 Å². The third kappa shape index (κ3) is 2.82. The van der Waals surface area contributed by atoms with E-state index >= 15 is 0 Å². The first kappa shape index (κ1) is 11.6. The Labute approximate surface area is 98.6 Å². The zero-order valence-corrected chi connectivity index (χ0v) is 9.43. The number of piperazine rings is 1. The molecule has 1 aliphatic rings. The van der Waals surface area contributed by atoms with E-state index in [1.54, 1.807) is 11.1 Å². The van der Waals surface area contributed by atoms with Gasteiger partial charge in [0, 0.05) is 32.4 Å². The minimum absolute atomic E-state index is 0.00512. The Morgan fingerprint density at radius 1 is 1.41 bits per heavy atom. The molecule has 1 saturated heterocycles. The van der Waals surface area contributed by atoms with Crippen molar-refractivity contribution >= 4 is 11.8 Å². The maximum atomic E-state index is 12.0. The highest BCUT2D eigenvalue weighted by atomic mass is 16.2. The average Bonchev–Trinajstić information content (AvgIpc) is 2.77. The number of nitrogens with two attached hydrogens (primary N) is 1. The topological polar surface area (TPSA) is 93.2 Å². The second-order valence-corrected chi connectivity index (χ2v) is 3.94. The summed E-state index contributed by atoms with van der Waals surface area (Å²) < 4.78 is 1.37. The van der Waals surface area contributed by atoms with Crippen molar-refractivity contribution in [1.82, 2.24) is 20.0 Å². The van der Waals surface area contributed by atoms with Crippen LogP contribution in [0, 0.1) is 0 Å². The maximum Gasteiger partial charge on any atom is 0.257 e. The molecular weight excluding hydrogens is 222 g/mol. The van der Waals surface area contributed by atoms with Gasteiger partial charge in [-0.25, -0.2) is 0 Å². The van der Waals surface area contributed by atoms with Gasteiger partial charge in [0.1, 0.15) is 6.54 Å². The number of nitrogens with zero attached hydrogens (tertiary/aromatic N) is 3. The SMILES string of the molecule is NC(=O)Cn1cc(C(=O)N2CCNCC2)cn1. The highest BCUT2D eigenvalue weighted by Gasteiger charge is 2.19. The fourth-order valence-corrected chi connectivity index (χ4v) is 1.77. The molecule has 92 valence electrons. The van der Waals surface area contributed by atoms with Gasteiger partial charge < -0.3 is 16.0 Å². The van der Waals surface area contributed by atoms with E-state index in [1.807, 2.05) is 0 Å². The molecule has 0 unspecified atom stereocenters. The summed E-state index contributed by atoms with van der Waals surface area (Å²) in [5.74, 6) is -0.531. The van der Waals surface area contributed by atoms with E-state index in [1.165, 1.54) is 10.9 Å². The van der Waals surface area contributed by atoms with Gasteiger partial charge in [-0.05, 0) is 0 Å². The van der Waals surface area contributed by atoms with Crippen LogP contribution >= 0.6 is 0 Å². The Morgan fingerprint density at radius 3 is 2.76 bits per heavy atom. The van der Waals surface area contributed by atoms with Crippen LogP contribution in [-0.2, 0) is 11.3 Å². The molecular formula is C10H15N5O2. The lowest BCUT2D eigenvalue weighted by Gasteiger charge is -2.26. The molecule has 1 aromatic heterocycles. The Morgan fingerprint density at radius 2 is 2.12 bits per heavy atom. The Bertz CT molecular complexity index is 422. The average molecular weight is 237 g/mol. The fourth-order valence-electron chi connectivity index (χ4n) is 1.77. The first-order valence-corrected chi connectivity index (χ1v) is 5.47. The lowest BCUT2D eigenvalue weighted by atomic mass is 10.2. The van der Waals surface area contributed by atoms with Crippen LogP contribution in [0.2, 0.25) is 0 Å². The minimum Gasteiger partial charge on any atom is -0.368 e. The van der Waals surface area contributed by atoms with E-state index in [0.717, 1.165) is 13.1 Å². The third-order valence-electron chi connectivity index (χ3n) is 2.60. The van der Waals surface area contributed by atoms with Crippen molar-refractivity contribution in [2.45, 2.75) is 6.54 Å². The zero-order chi connectivity index (χ0) is 12.3. The van der Waals surface area contributed by atoms with E-state index in [-0.39, 0.29) is 12.5 Å². The zero-order valence-electron chi connectivity index (χ0n) is 9.43. The molecule has 2 rings (SSSR count). The van der Waals surface area contributed by atoms with Gasteiger partial charge in [-0.1, -0.05) is 0 Å². The van der Waals surface area contributed by atoms with Crippen LogP contribution in [0.4, 0.5) is 0 Å². The summed E-state index contributed by atoms with van der Waals surface area (Å²) in [6.45, 7) is 3.00. The summed E-state index contributed by atoms with van der Waals surface area (Å²) in [7, 11) is 0. The molecule has 0 radical (unpaired) electrons. The monoisotopic (exact) mass is 237 g/mol. The Hall–Kier alpha value is -1.89. The molecule has 1 aromatic rings. The Balaban J connectivity index is 2.03.